The van der Waals surface area contributed by atoms with Gasteiger partial charge in [-0.15, -0.1) is 0 Å². The Hall–Kier alpha value is -4.26. The number of carbonyl (C=O) groups is 2. The summed E-state index contributed by atoms with van der Waals surface area (Å²) >= 11 is 0. The lowest BCUT2D eigenvalue weighted by molar-refractivity contribution is -0.117. The molecular formula is C35H39N5O2. The minimum absolute atomic E-state index is 0.0115. The first-order valence-electron chi connectivity index (χ1n) is 15.2. The molecule has 0 spiro atoms. The molecule has 0 bridgehead atoms. The van der Waals surface area contributed by atoms with Gasteiger partial charge in [0, 0.05) is 48.6 Å². The minimum atomic E-state index is -0.137. The van der Waals surface area contributed by atoms with Crippen LogP contribution in [-0.2, 0) is 4.79 Å². The highest BCUT2D eigenvalue weighted by Crippen LogP contribution is 2.39. The predicted molar refractivity (Wildman–Crippen MR) is 168 cm³/mol. The zero-order valence-corrected chi connectivity index (χ0v) is 24.8. The van der Waals surface area contributed by atoms with Gasteiger partial charge in [-0.25, -0.2) is 9.97 Å². The van der Waals surface area contributed by atoms with E-state index in [1.165, 1.54) is 18.4 Å². The van der Waals surface area contributed by atoms with E-state index in [2.05, 4.69) is 35.1 Å². The number of benzene rings is 1. The van der Waals surface area contributed by atoms with Crippen LogP contribution in [0.1, 0.15) is 68.9 Å². The number of nitrogens with one attached hydrogen (secondary N) is 1. The van der Waals surface area contributed by atoms with Crippen LogP contribution in [0.2, 0.25) is 0 Å². The molecule has 1 aliphatic carbocycles. The first kappa shape index (κ1) is 27.9. The first-order chi connectivity index (χ1) is 20.4. The van der Waals surface area contributed by atoms with Crippen LogP contribution < -0.4 is 15.1 Å². The number of para-hydroxylation sites is 1. The number of pyridine rings is 2. The SMILES string of the molecule is C/C(=C\C1=C(C(C)C)c2ccccc2N(C(=O)c2cccc(-c3ccc(N4CCCC4)nc3)n2)CC1)C(=O)NC1CC1. The zero-order valence-electron chi connectivity index (χ0n) is 24.8. The van der Waals surface area contributed by atoms with Gasteiger partial charge in [0.1, 0.15) is 11.5 Å². The molecule has 2 fully saturated rings. The fourth-order valence-corrected chi connectivity index (χ4v) is 6.02. The molecule has 3 aromatic rings. The number of fused-ring (bicyclic) bond motifs is 1. The largest absolute Gasteiger partial charge is 0.357 e. The van der Waals surface area contributed by atoms with E-state index in [4.69, 9.17) is 4.98 Å². The summed E-state index contributed by atoms with van der Waals surface area (Å²) in [6, 6.07) is 18.1. The highest BCUT2D eigenvalue weighted by molar-refractivity contribution is 6.07. The van der Waals surface area contributed by atoms with E-state index < -0.39 is 0 Å². The maximum Gasteiger partial charge on any atom is 0.276 e. The van der Waals surface area contributed by atoms with Gasteiger partial charge in [0.25, 0.3) is 5.91 Å². The van der Waals surface area contributed by atoms with Crippen molar-refractivity contribution in [2.75, 3.05) is 29.4 Å². The number of amides is 2. The Labute approximate surface area is 248 Å². The quantitative estimate of drug-likeness (QED) is 0.337. The molecule has 4 heterocycles. The van der Waals surface area contributed by atoms with E-state index in [-0.39, 0.29) is 17.7 Å². The molecule has 216 valence electrons. The van der Waals surface area contributed by atoms with Gasteiger partial charge >= 0.3 is 0 Å². The molecule has 7 heteroatoms. The van der Waals surface area contributed by atoms with Gasteiger partial charge in [-0.3, -0.25) is 9.59 Å². The third kappa shape index (κ3) is 5.87. The van der Waals surface area contributed by atoms with Crippen LogP contribution >= 0.6 is 0 Å². The minimum Gasteiger partial charge on any atom is -0.357 e. The van der Waals surface area contributed by atoms with Crippen molar-refractivity contribution in [2.24, 2.45) is 5.92 Å². The van der Waals surface area contributed by atoms with E-state index >= 15 is 0 Å². The normalized spacial score (nSPS) is 17.4. The summed E-state index contributed by atoms with van der Waals surface area (Å²) in [7, 11) is 0. The Kier molecular flexibility index (Phi) is 7.92. The number of hydrogen-bond acceptors (Lipinski definition) is 5. The van der Waals surface area contributed by atoms with Crippen molar-refractivity contribution < 1.29 is 9.59 Å². The standard InChI is InChI=1S/C35H39N5O2/c1-23(2)33-25(21-24(3)34(41)37-27-14-15-27)17-20-40(31-12-5-4-9-28(31)33)35(42)30-11-8-10-29(38-30)26-13-16-32(36-22-26)39-18-6-7-19-39/h4-5,8-13,16,21-23,27H,6-7,14-15,17-20H2,1-3H3,(H,37,41)/b24-21+. The third-order valence-electron chi connectivity index (χ3n) is 8.36. The molecule has 3 aliphatic rings. The average Bonchev–Trinajstić information content (AvgIpc) is 3.69. The molecule has 2 amide bonds. The van der Waals surface area contributed by atoms with Crippen molar-refractivity contribution >= 4 is 28.9 Å². The van der Waals surface area contributed by atoms with E-state index in [0.29, 0.717) is 30.3 Å². The summed E-state index contributed by atoms with van der Waals surface area (Å²) in [5.74, 6) is 1.05. The first-order valence-corrected chi connectivity index (χ1v) is 15.2. The van der Waals surface area contributed by atoms with Gasteiger partial charge in [0.2, 0.25) is 5.91 Å². The summed E-state index contributed by atoms with van der Waals surface area (Å²) in [4.78, 5) is 40.5. The van der Waals surface area contributed by atoms with Gasteiger partial charge in [0.05, 0.1) is 11.4 Å². The molecule has 1 saturated heterocycles. The molecule has 6 rings (SSSR count). The summed E-state index contributed by atoms with van der Waals surface area (Å²) < 4.78 is 0. The Morgan fingerprint density at radius 3 is 2.48 bits per heavy atom. The van der Waals surface area contributed by atoms with Crippen LogP contribution in [0.5, 0.6) is 0 Å². The number of aromatic nitrogens is 2. The molecule has 1 N–H and O–H groups in total. The predicted octanol–water partition coefficient (Wildman–Crippen LogP) is 6.43. The van der Waals surface area contributed by atoms with Crippen molar-refractivity contribution in [1.82, 2.24) is 15.3 Å². The maximum absolute atomic E-state index is 14.1. The highest BCUT2D eigenvalue weighted by atomic mass is 16.2. The van der Waals surface area contributed by atoms with Gasteiger partial charge in [-0.1, -0.05) is 44.2 Å². The number of rotatable bonds is 7. The lowest BCUT2D eigenvalue weighted by Gasteiger charge is -2.24. The molecule has 2 aliphatic heterocycles. The van der Waals surface area contributed by atoms with Crippen LogP contribution in [0.15, 0.2) is 78.0 Å². The monoisotopic (exact) mass is 561 g/mol. The lowest BCUT2D eigenvalue weighted by atomic mass is 9.88. The highest BCUT2D eigenvalue weighted by Gasteiger charge is 2.29. The van der Waals surface area contributed by atoms with Crippen LogP contribution in [0.4, 0.5) is 11.5 Å². The average molecular weight is 562 g/mol. The van der Waals surface area contributed by atoms with Crippen LogP contribution in [0, 0.1) is 5.92 Å². The van der Waals surface area contributed by atoms with Gasteiger partial charge in [-0.05, 0) is 86.4 Å². The molecule has 42 heavy (non-hydrogen) atoms. The van der Waals surface area contributed by atoms with Crippen molar-refractivity contribution in [2.45, 2.75) is 58.9 Å². The summed E-state index contributed by atoms with van der Waals surface area (Å²) in [6.45, 7) is 8.81. The fraction of sp³-hybridized carbons (Fsp3) is 0.371. The van der Waals surface area contributed by atoms with Crippen LogP contribution in [-0.4, -0.2) is 47.5 Å². The Balaban J connectivity index is 1.29. The van der Waals surface area contributed by atoms with Gasteiger partial charge in [-0.2, -0.15) is 0 Å². The molecule has 0 unspecified atom stereocenters. The maximum atomic E-state index is 14.1. The Bertz CT molecular complexity index is 1550. The second-order valence-corrected chi connectivity index (χ2v) is 11.9. The molecular weight excluding hydrogens is 522 g/mol. The van der Waals surface area contributed by atoms with Crippen LogP contribution in [0.3, 0.4) is 0 Å². The summed E-state index contributed by atoms with van der Waals surface area (Å²) in [6.07, 6.45) is 9.04. The van der Waals surface area contributed by atoms with Crippen LogP contribution in [0.25, 0.3) is 16.8 Å². The summed E-state index contributed by atoms with van der Waals surface area (Å²) in [5, 5.41) is 3.10. The molecule has 1 aromatic carbocycles. The number of nitrogens with zero attached hydrogens (tertiary/aromatic N) is 4. The second-order valence-electron chi connectivity index (χ2n) is 11.9. The number of hydrogen-bond donors (Lipinski definition) is 1. The van der Waals surface area contributed by atoms with E-state index in [1.807, 2.05) is 66.6 Å². The third-order valence-corrected chi connectivity index (χ3v) is 8.36. The topological polar surface area (TPSA) is 78.4 Å². The van der Waals surface area contributed by atoms with Crippen molar-refractivity contribution in [1.29, 1.82) is 0 Å². The molecule has 7 nitrogen and oxygen atoms in total. The van der Waals surface area contributed by atoms with E-state index in [0.717, 1.165) is 59.8 Å². The van der Waals surface area contributed by atoms with E-state index in [1.54, 1.807) is 6.07 Å². The van der Waals surface area contributed by atoms with E-state index in [9.17, 15) is 9.59 Å². The Morgan fingerprint density at radius 2 is 1.76 bits per heavy atom. The van der Waals surface area contributed by atoms with Gasteiger partial charge < -0.3 is 15.1 Å². The Morgan fingerprint density at radius 1 is 0.976 bits per heavy atom. The number of carbonyl (C=O) groups excluding carboxylic acids is 2. The van der Waals surface area contributed by atoms with Crippen molar-refractivity contribution in [3.05, 3.63) is 89.3 Å². The lowest BCUT2D eigenvalue weighted by Crippen LogP contribution is -2.32. The summed E-state index contributed by atoms with van der Waals surface area (Å²) in [5.41, 5.74) is 6.89. The number of allylic oxidation sites excluding steroid dienone is 2. The molecule has 1 saturated carbocycles. The zero-order chi connectivity index (χ0) is 29.2. The number of anilines is 2. The smallest absolute Gasteiger partial charge is 0.276 e. The molecule has 0 radical (unpaired) electrons. The van der Waals surface area contributed by atoms with Gasteiger partial charge in [0.15, 0.2) is 0 Å². The second kappa shape index (κ2) is 11.9. The fourth-order valence-electron chi connectivity index (χ4n) is 6.02. The van der Waals surface area contributed by atoms with Crippen molar-refractivity contribution in [3.63, 3.8) is 0 Å². The molecule has 2 aromatic heterocycles. The van der Waals surface area contributed by atoms with Crippen molar-refractivity contribution in [3.8, 4) is 11.3 Å². The molecule has 0 atom stereocenters.